The van der Waals surface area contributed by atoms with Crippen LogP contribution in [0.3, 0.4) is 0 Å². The number of thiophene rings is 1. The van der Waals surface area contributed by atoms with Gasteiger partial charge in [0, 0.05) is 81.9 Å². The zero-order valence-corrected chi connectivity index (χ0v) is 34.3. The van der Waals surface area contributed by atoms with Crippen molar-refractivity contribution in [3.8, 4) is 67.5 Å². The average molecular weight is 825 g/mol. The molecular formula is C56H32N4O2S. The van der Waals surface area contributed by atoms with E-state index in [0.717, 1.165) is 93.9 Å². The van der Waals surface area contributed by atoms with Gasteiger partial charge in [0.2, 0.25) is 0 Å². The molecule has 13 rings (SSSR count). The first-order chi connectivity index (χ1) is 31.2. The van der Waals surface area contributed by atoms with E-state index in [4.69, 9.17) is 23.8 Å². The van der Waals surface area contributed by atoms with Crippen LogP contribution in [0.4, 0.5) is 0 Å². The number of hydrogen-bond acceptors (Lipinski definition) is 7. The van der Waals surface area contributed by atoms with Crippen LogP contribution in [0, 0.1) is 0 Å². The standard InChI is InChI=1S/C56H32N4O2S/c1-4-18-48-42(11-1)45-16-7-14-40(52(45)61-48)37-28-38(41-15-8-17-46-43-12-2-5-19-49(43)62-53(41)46)30-39(29-37)56-59-54(34-23-21-33(22-24-34)36-10-9-27-57-32-36)58-55(60-56)35-25-26-51-47(31-35)44-13-3-6-20-50(44)63-51/h1-32H. The van der Waals surface area contributed by atoms with Gasteiger partial charge in [0.05, 0.1) is 0 Å². The van der Waals surface area contributed by atoms with Gasteiger partial charge in [-0.25, -0.2) is 15.0 Å². The molecule has 0 atom stereocenters. The van der Waals surface area contributed by atoms with Crippen molar-refractivity contribution in [2.45, 2.75) is 0 Å². The first kappa shape index (κ1) is 35.5. The monoisotopic (exact) mass is 824 g/mol. The third-order valence-electron chi connectivity index (χ3n) is 12.0. The molecular weight excluding hydrogens is 793 g/mol. The van der Waals surface area contributed by atoms with Crippen LogP contribution >= 0.6 is 11.3 Å². The average Bonchev–Trinajstić information content (AvgIpc) is 4.05. The Morgan fingerprint density at radius 2 is 0.857 bits per heavy atom. The fourth-order valence-corrected chi connectivity index (χ4v) is 10.1. The summed E-state index contributed by atoms with van der Waals surface area (Å²) in [5, 5.41) is 6.68. The Hall–Kier alpha value is -8.26. The second kappa shape index (κ2) is 14.2. The van der Waals surface area contributed by atoms with Gasteiger partial charge in [0.1, 0.15) is 22.3 Å². The Bertz CT molecular complexity index is 3790. The highest BCUT2D eigenvalue weighted by Crippen LogP contribution is 2.42. The summed E-state index contributed by atoms with van der Waals surface area (Å²) >= 11 is 1.79. The quantitative estimate of drug-likeness (QED) is 0.166. The van der Waals surface area contributed by atoms with E-state index in [1.165, 1.54) is 20.2 Å². The van der Waals surface area contributed by atoms with E-state index in [1.807, 2.05) is 36.5 Å². The highest BCUT2D eigenvalue weighted by Gasteiger charge is 2.20. The van der Waals surface area contributed by atoms with E-state index in [1.54, 1.807) is 17.5 Å². The highest BCUT2D eigenvalue weighted by molar-refractivity contribution is 7.25. The molecule has 0 aliphatic heterocycles. The Morgan fingerprint density at radius 1 is 0.333 bits per heavy atom. The van der Waals surface area contributed by atoms with Crippen LogP contribution in [-0.4, -0.2) is 19.9 Å². The van der Waals surface area contributed by atoms with Crippen molar-refractivity contribution in [1.82, 2.24) is 19.9 Å². The van der Waals surface area contributed by atoms with Gasteiger partial charge in [-0.15, -0.1) is 11.3 Å². The molecule has 0 saturated carbocycles. The molecule has 5 heterocycles. The fraction of sp³-hybridized carbons (Fsp3) is 0. The summed E-state index contributed by atoms with van der Waals surface area (Å²) in [6, 6.07) is 63.1. The Morgan fingerprint density at radius 3 is 1.51 bits per heavy atom. The van der Waals surface area contributed by atoms with Crippen LogP contribution in [0.1, 0.15) is 0 Å². The van der Waals surface area contributed by atoms with E-state index >= 15 is 0 Å². The third-order valence-corrected chi connectivity index (χ3v) is 13.2. The van der Waals surface area contributed by atoms with Crippen LogP contribution in [0.2, 0.25) is 0 Å². The molecule has 5 aromatic heterocycles. The first-order valence-electron chi connectivity index (χ1n) is 20.8. The maximum atomic E-state index is 6.63. The lowest BCUT2D eigenvalue weighted by atomic mass is 9.94. The topological polar surface area (TPSA) is 77.8 Å². The molecule has 0 aliphatic carbocycles. The predicted molar refractivity (Wildman–Crippen MR) is 258 cm³/mol. The van der Waals surface area contributed by atoms with E-state index in [0.29, 0.717) is 17.5 Å². The van der Waals surface area contributed by atoms with Gasteiger partial charge < -0.3 is 8.83 Å². The SMILES string of the molecule is c1cncc(-c2ccc(-c3nc(-c4cc(-c5cccc6c5oc5ccccc56)cc(-c5cccc6c5oc5ccccc56)c4)nc(-c4ccc5sc6ccccc6c5c4)n3)cc2)c1. The number of fused-ring (bicyclic) bond motifs is 9. The molecule has 0 radical (unpaired) electrons. The van der Waals surface area contributed by atoms with Crippen LogP contribution in [0.25, 0.3) is 132 Å². The summed E-state index contributed by atoms with van der Waals surface area (Å²) < 4.78 is 15.7. The van der Waals surface area contributed by atoms with Crippen LogP contribution in [0.5, 0.6) is 0 Å². The number of hydrogen-bond donors (Lipinski definition) is 0. The van der Waals surface area contributed by atoms with Crippen LogP contribution in [-0.2, 0) is 0 Å². The van der Waals surface area contributed by atoms with Crippen molar-refractivity contribution in [3.05, 3.63) is 194 Å². The molecule has 13 aromatic rings. The Labute approximate surface area is 364 Å². The largest absolute Gasteiger partial charge is 0.455 e. The molecule has 8 aromatic carbocycles. The molecule has 0 fully saturated rings. The van der Waals surface area contributed by atoms with E-state index in [2.05, 4.69) is 157 Å². The Balaban J connectivity index is 1.06. The van der Waals surface area contributed by atoms with Crippen molar-refractivity contribution in [2.24, 2.45) is 0 Å². The summed E-state index contributed by atoms with van der Waals surface area (Å²) in [6.07, 6.45) is 3.66. The number of pyridine rings is 1. The minimum atomic E-state index is 0.554. The minimum absolute atomic E-state index is 0.554. The summed E-state index contributed by atoms with van der Waals surface area (Å²) in [6.45, 7) is 0. The van der Waals surface area contributed by atoms with Gasteiger partial charge >= 0.3 is 0 Å². The van der Waals surface area contributed by atoms with Gasteiger partial charge in [-0.1, -0.05) is 121 Å². The highest BCUT2D eigenvalue weighted by atomic mass is 32.1. The normalized spacial score (nSPS) is 11.8. The lowest BCUT2D eigenvalue weighted by Crippen LogP contribution is -2.01. The summed E-state index contributed by atoms with van der Waals surface area (Å²) in [4.78, 5) is 20.2. The summed E-state index contributed by atoms with van der Waals surface area (Å²) in [5.41, 5.74) is 12.0. The number of benzene rings is 8. The molecule has 0 saturated heterocycles. The molecule has 0 unspecified atom stereocenters. The molecule has 0 N–H and O–H groups in total. The van der Waals surface area contributed by atoms with Crippen LogP contribution in [0.15, 0.2) is 203 Å². The zero-order chi connectivity index (χ0) is 41.4. The maximum absolute atomic E-state index is 6.63. The van der Waals surface area contributed by atoms with Crippen molar-refractivity contribution < 1.29 is 8.83 Å². The van der Waals surface area contributed by atoms with Crippen LogP contribution < -0.4 is 0 Å². The number of nitrogens with zero attached hydrogens (tertiary/aromatic N) is 4. The number of aromatic nitrogens is 4. The molecule has 63 heavy (non-hydrogen) atoms. The number of para-hydroxylation sites is 4. The van der Waals surface area contributed by atoms with Crippen molar-refractivity contribution in [2.75, 3.05) is 0 Å². The minimum Gasteiger partial charge on any atom is -0.455 e. The number of rotatable bonds is 6. The van der Waals surface area contributed by atoms with E-state index < -0.39 is 0 Å². The number of furan rings is 2. The molecule has 7 heteroatoms. The second-order valence-corrected chi connectivity index (χ2v) is 16.9. The van der Waals surface area contributed by atoms with Gasteiger partial charge in [-0.05, 0) is 82.9 Å². The maximum Gasteiger partial charge on any atom is 0.164 e. The predicted octanol–water partition coefficient (Wildman–Crippen LogP) is 15.4. The van der Waals surface area contributed by atoms with Gasteiger partial charge in [-0.3, -0.25) is 4.98 Å². The molecule has 0 spiro atoms. The molecule has 294 valence electrons. The molecule has 0 amide bonds. The van der Waals surface area contributed by atoms with Crippen molar-refractivity contribution in [3.63, 3.8) is 0 Å². The third kappa shape index (κ3) is 5.93. The Kier molecular flexibility index (Phi) is 7.98. The smallest absolute Gasteiger partial charge is 0.164 e. The van der Waals surface area contributed by atoms with E-state index in [9.17, 15) is 0 Å². The van der Waals surface area contributed by atoms with Gasteiger partial charge in [0.25, 0.3) is 0 Å². The molecule has 6 nitrogen and oxygen atoms in total. The molecule has 0 bridgehead atoms. The van der Waals surface area contributed by atoms with E-state index in [-0.39, 0.29) is 0 Å². The lowest BCUT2D eigenvalue weighted by Gasteiger charge is -2.13. The van der Waals surface area contributed by atoms with Crippen molar-refractivity contribution >= 4 is 75.4 Å². The lowest BCUT2D eigenvalue weighted by molar-refractivity contribution is 0.670. The zero-order valence-electron chi connectivity index (χ0n) is 33.5. The fourth-order valence-electron chi connectivity index (χ4n) is 8.99. The van der Waals surface area contributed by atoms with Crippen molar-refractivity contribution in [1.29, 1.82) is 0 Å². The summed E-state index contributed by atoms with van der Waals surface area (Å²) in [5.74, 6) is 1.72. The first-order valence-corrected chi connectivity index (χ1v) is 21.7. The van der Waals surface area contributed by atoms with Gasteiger partial charge in [-0.2, -0.15) is 0 Å². The second-order valence-electron chi connectivity index (χ2n) is 15.8. The van der Waals surface area contributed by atoms with Gasteiger partial charge in [0.15, 0.2) is 17.5 Å². The summed E-state index contributed by atoms with van der Waals surface area (Å²) in [7, 11) is 0. The molecule has 0 aliphatic rings.